The Morgan fingerprint density at radius 1 is 1.32 bits per heavy atom. The SMILES string of the molecule is C=CC(=O)Nc1cccc(-c2ccc(N)c3c2CNC3=O)c1. The fraction of sp³-hybridized carbons (Fsp3) is 0.0588. The van der Waals surface area contributed by atoms with Crippen LogP contribution < -0.4 is 16.4 Å². The van der Waals surface area contributed by atoms with Gasteiger partial charge in [0, 0.05) is 17.9 Å². The van der Waals surface area contributed by atoms with Crippen molar-refractivity contribution in [3.8, 4) is 11.1 Å². The lowest BCUT2D eigenvalue weighted by Crippen LogP contribution is -2.13. The number of hydrogen-bond acceptors (Lipinski definition) is 3. The molecule has 0 spiro atoms. The van der Waals surface area contributed by atoms with Gasteiger partial charge in [-0.2, -0.15) is 0 Å². The van der Waals surface area contributed by atoms with E-state index >= 15 is 0 Å². The van der Waals surface area contributed by atoms with Gasteiger partial charge in [0.05, 0.1) is 5.56 Å². The molecular formula is C17H15N3O2. The summed E-state index contributed by atoms with van der Waals surface area (Å²) in [7, 11) is 0. The van der Waals surface area contributed by atoms with E-state index < -0.39 is 0 Å². The third kappa shape index (κ3) is 2.33. The predicted molar refractivity (Wildman–Crippen MR) is 86.3 cm³/mol. The van der Waals surface area contributed by atoms with Crippen molar-refractivity contribution < 1.29 is 9.59 Å². The molecule has 4 N–H and O–H groups in total. The van der Waals surface area contributed by atoms with Crippen LogP contribution in [-0.2, 0) is 11.3 Å². The zero-order valence-corrected chi connectivity index (χ0v) is 11.8. The lowest BCUT2D eigenvalue weighted by atomic mass is 9.95. The average molecular weight is 293 g/mol. The third-order valence-electron chi connectivity index (χ3n) is 3.62. The van der Waals surface area contributed by atoms with Gasteiger partial charge in [0.1, 0.15) is 0 Å². The Morgan fingerprint density at radius 3 is 2.91 bits per heavy atom. The van der Waals surface area contributed by atoms with Crippen LogP contribution in [-0.4, -0.2) is 11.8 Å². The number of nitrogens with one attached hydrogen (secondary N) is 2. The lowest BCUT2D eigenvalue weighted by Gasteiger charge is -2.11. The molecule has 0 saturated heterocycles. The second-order valence-electron chi connectivity index (χ2n) is 5.01. The summed E-state index contributed by atoms with van der Waals surface area (Å²) in [5, 5.41) is 5.52. The van der Waals surface area contributed by atoms with Crippen molar-refractivity contribution in [3.63, 3.8) is 0 Å². The molecule has 0 bridgehead atoms. The first-order valence-corrected chi connectivity index (χ1v) is 6.83. The summed E-state index contributed by atoms with van der Waals surface area (Å²) < 4.78 is 0. The highest BCUT2D eigenvalue weighted by atomic mass is 16.2. The largest absolute Gasteiger partial charge is 0.398 e. The number of carbonyl (C=O) groups excluding carboxylic acids is 2. The van der Waals surface area contributed by atoms with Crippen molar-refractivity contribution in [3.05, 3.63) is 60.2 Å². The summed E-state index contributed by atoms with van der Waals surface area (Å²) in [4.78, 5) is 23.3. The third-order valence-corrected chi connectivity index (χ3v) is 3.62. The van der Waals surface area contributed by atoms with Crippen LogP contribution in [0.15, 0.2) is 49.1 Å². The Bertz CT molecular complexity index is 796. The molecule has 1 aliphatic rings. The van der Waals surface area contributed by atoms with Gasteiger partial charge in [-0.25, -0.2) is 0 Å². The van der Waals surface area contributed by atoms with Gasteiger partial charge in [0.2, 0.25) is 5.91 Å². The maximum atomic E-state index is 11.9. The molecule has 3 rings (SSSR count). The van der Waals surface area contributed by atoms with Crippen LogP contribution in [0, 0.1) is 0 Å². The minimum absolute atomic E-state index is 0.148. The number of nitrogen functional groups attached to an aromatic ring is 1. The van der Waals surface area contributed by atoms with Crippen LogP contribution in [0.4, 0.5) is 11.4 Å². The smallest absolute Gasteiger partial charge is 0.254 e. The lowest BCUT2D eigenvalue weighted by molar-refractivity contribution is -0.111. The molecule has 0 unspecified atom stereocenters. The summed E-state index contributed by atoms with van der Waals surface area (Å²) in [5.74, 6) is -0.415. The van der Waals surface area contributed by atoms with Crippen LogP contribution in [0.3, 0.4) is 0 Å². The summed E-state index contributed by atoms with van der Waals surface area (Å²) in [6.45, 7) is 3.89. The molecule has 0 aromatic heterocycles. The monoisotopic (exact) mass is 293 g/mol. The number of amides is 2. The Balaban J connectivity index is 2.06. The van der Waals surface area contributed by atoms with Crippen molar-refractivity contribution in [1.82, 2.24) is 5.32 Å². The normalized spacial score (nSPS) is 12.5. The van der Waals surface area contributed by atoms with Crippen LogP contribution in [0.25, 0.3) is 11.1 Å². The molecule has 0 aliphatic carbocycles. The summed E-state index contributed by atoms with van der Waals surface area (Å²) in [6.07, 6.45) is 1.22. The second-order valence-corrected chi connectivity index (χ2v) is 5.01. The van der Waals surface area contributed by atoms with Gasteiger partial charge < -0.3 is 16.4 Å². The number of anilines is 2. The van der Waals surface area contributed by atoms with E-state index in [0.717, 1.165) is 16.7 Å². The van der Waals surface area contributed by atoms with E-state index in [9.17, 15) is 9.59 Å². The summed E-state index contributed by atoms with van der Waals surface area (Å²) in [5.41, 5.74) is 10.3. The van der Waals surface area contributed by atoms with E-state index in [-0.39, 0.29) is 11.8 Å². The highest BCUT2D eigenvalue weighted by Gasteiger charge is 2.24. The van der Waals surface area contributed by atoms with Crippen molar-refractivity contribution >= 4 is 23.2 Å². The number of fused-ring (bicyclic) bond motifs is 1. The maximum absolute atomic E-state index is 11.9. The number of nitrogens with two attached hydrogens (primary N) is 1. The quantitative estimate of drug-likeness (QED) is 0.599. The van der Waals surface area contributed by atoms with Gasteiger partial charge in [-0.1, -0.05) is 24.8 Å². The van der Waals surface area contributed by atoms with Crippen LogP contribution in [0.5, 0.6) is 0 Å². The first-order valence-electron chi connectivity index (χ1n) is 6.83. The van der Waals surface area contributed by atoms with E-state index in [0.29, 0.717) is 23.5 Å². The molecule has 1 heterocycles. The number of benzene rings is 2. The maximum Gasteiger partial charge on any atom is 0.254 e. The Labute approximate surface area is 127 Å². The predicted octanol–water partition coefficient (Wildman–Crippen LogP) is 2.30. The molecule has 110 valence electrons. The summed E-state index contributed by atoms with van der Waals surface area (Å²) in [6, 6.07) is 11.1. The van der Waals surface area contributed by atoms with E-state index in [4.69, 9.17) is 5.73 Å². The molecule has 0 radical (unpaired) electrons. The van der Waals surface area contributed by atoms with Gasteiger partial charge in [-0.05, 0) is 41.0 Å². The Morgan fingerprint density at radius 2 is 2.14 bits per heavy atom. The zero-order chi connectivity index (χ0) is 15.7. The topological polar surface area (TPSA) is 84.2 Å². The average Bonchev–Trinajstić information content (AvgIpc) is 2.91. The minimum atomic E-state index is -0.267. The van der Waals surface area contributed by atoms with E-state index in [1.54, 1.807) is 12.1 Å². The molecule has 0 fully saturated rings. The van der Waals surface area contributed by atoms with E-state index in [2.05, 4.69) is 17.2 Å². The number of carbonyl (C=O) groups is 2. The molecule has 5 heteroatoms. The standard InChI is InChI=1S/C17H15N3O2/c1-2-15(21)20-11-5-3-4-10(8-11)12-6-7-14(18)16-13(12)9-19-17(16)22/h2-8H,1,9,18H2,(H,19,22)(H,20,21). The fourth-order valence-electron chi connectivity index (χ4n) is 2.60. The first-order chi connectivity index (χ1) is 10.6. The first kappa shape index (κ1) is 13.9. The van der Waals surface area contributed by atoms with Crippen LogP contribution in [0.1, 0.15) is 15.9 Å². The van der Waals surface area contributed by atoms with Crippen molar-refractivity contribution in [2.75, 3.05) is 11.1 Å². The van der Waals surface area contributed by atoms with Crippen molar-refractivity contribution in [2.24, 2.45) is 0 Å². The van der Waals surface area contributed by atoms with Gasteiger partial charge >= 0.3 is 0 Å². The molecule has 2 aromatic carbocycles. The highest BCUT2D eigenvalue weighted by molar-refractivity contribution is 6.05. The molecule has 0 saturated carbocycles. The van der Waals surface area contributed by atoms with E-state index in [1.165, 1.54) is 6.08 Å². The van der Waals surface area contributed by atoms with Crippen molar-refractivity contribution in [1.29, 1.82) is 0 Å². The second kappa shape index (κ2) is 5.37. The summed E-state index contributed by atoms with van der Waals surface area (Å²) >= 11 is 0. The zero-order valence-electron chi connectivity index (χ0n) is 11.8. The van der Waals surface area contributed by atoms with E-state index in [1.807, 2.05) is 24.3 Å². The van der Waals surface area contributed by atoms with Gasteiger partial charge in [-0.15, -0.1) is 0 Å². The van der Waals surface area contributed by atoms with Crippen LogP contribution in [0.2, 0.25) is 0 Å². The molecular weight excluding hydrogens is 278 g/mol. The minimum Gasteiger partial charge on any atom is -0.398 e. The number of rotatable bonds is 3. The molecule has 2 aromatic rings. The Hall–Kier alpha value is -3.08. The molecule has 5 nitrogen and oxygen atoms in total. The fourth-order valence-corrected chi connectivity index (χ4v) is 2.60. The molecule has 0 atom stereocenters. The molecule has 22 heavy (non-hydrogen) atoms. The van der Waals surface area contributed by atoms with Crippen LogP contribution >= 0.6 is 0 Å². The molecule has 2 amide bonds. The van der Waals surface area contributed by atoms with Gasteiger partial charge in [-0.3, -0.25) is 9.59 Å². The van der Waals surface area contributed by atoms with Gasteiger partial charge in [0.15, 0.2) is 0 Å². The molecule has 1 aliphatic heterocycles. The van der Waals surface area contributed by atoms with Gasteiger partial charge in [0.25, 0.3) is 5.91 Å². The highest BCUT2D eigenvalue weighted by Crippen LogP contribution is 2.33. The number of hydrogen-bond donors (Lipinski definition) is 3. The van der Waals surface area contributed by atoms with Crippen molar-refractivity contribution in [2.45, 2.75) is 6.54 Å². The Kier molecular flexibility index (Phi) is 3.39.